The zero-order chi connectivity index (χ0) is 15.4. The summed E-state index contributed by atoms with van der Waals surface area (Å²) >= 11 is 0. The number of nitrogens with zero attached hydrogens (tertiary/aromatic N) is 3. The predicted octanol–water partition coefficient (Wildman–Crippen LogP) is 2.83. The van der Waals surface area contributed by atoms with Crippen molar-refractivity contribution in [2.45, 2.75) is 33.2 Å². The van der Waals surface area contributed by atoms with Crippen LogP contribution < -0.4 is 16.2 Å². The number of benzene rings is 1. The standard InChI is InChI=1S/C16H23N5/c1-11(2)16-18-14(20-17)9-15(19-16)21(4)10-13-7-5-12(3)6-8-13/h5-9,11H,10,17H2,1-4H3,(H,18,19,20). The Labute approximate surface area is 126 Å². The van der Waals surface area contributed by atoms with E-state index in [4.69, 9.17) is 5.84 Å². The molecule has 0 radical (unpaired) electrons. The number of aryl methyl sites for hydroxylation is 1. The quantitative estimate of drug-likeness (QED) is 0.653. The molecule has 0 aliphatic carbocycles. The van der Waals surface area contributed by atoms with Crippen LogP contribution in [0.1, 0.15) is 36.7 Å². The van der Waals surface area contributed by atoms with Crippen LogP contribution in [0.2, 0.25) is 0 Å². The van der Waals surface area contributed by atoms with Gasteiger partial charge in [-0.3, -0.25) is 0 Å². The molecule has 1 aromatic heterocycles. The number of aromatic nitrogens is 2. The Hall–Kier alpha value is -2.14. The number of hydrogen-bond acceptors (Lipinski definition) is 5. The van der Waals surface area contributed by atoms with Crippen LogP contribution in [0.4, 0.5) is 11.6 Å². The van der Waals surface area contributed by atoms with Crippen molar-refractivity contribution in [1.29, 1.82) is 0 Å². The molecule has 0 bridgehead atoms. The van der Waals surface area contributed by atoms with Gasteiger partial charge in [0.1, 0.15) is 17.5 Å². The van der Waals surface area contributed by atoms with Crippen molar-refractivity contribution >= 4 is 11.6 Å². The van der Waals surface area contributed by atoms with Crippen LogP contribution in [0.5, 0.6) is 0 Å². The molecule has 5 heteroatoms. The zero-order valence-corrected chi connectivity index (χ0v) is 13.1. The molecule has 2 aromatic rings. The first kappa shape index (κ1) is 15.3. The van der Waals surface area contributed by atoms with Crippen molar-refractivity contribution in [2.75, 3.05) is 17.4 Å². The Morgan fingerprint density at radius 3 is 2.43 bits per heavy atom. The average molecular weight is 285 g/mol. The Bertz CT molecular complexity index is 592. The highest BCUT2D eigenvalue weighted by atomic mass is 15.3. The molecule has 0 fully saturated rings. The minimum absolute atomic E-state index is 0.254. The van der Waals surface area contributed by atoms with Crippen LogP contribution in [-0.2, 0) is 6.54 Å². The summed E-state index contributed by atoms with van der Waals surface area (Å²) < 4.78 is 0. The summed E-state index contributed by atoms with van der Waals surface area (Å²) in [4.78, 5) is 11.1. The monoisotopic (exact) mass is 285 g/mol. The van der Waals surface area contributed by atoms with Gasteiger partial charge in [0.25, 0.3) is 0 Å². The van der Waals surface area contributed by atoms with E-state index in [1.165, 1.54) is 11.1 Å². The summed E-state index contributed by atoms with van der Waals surface area (Å²) in [6.45, 7) is 7.02. The first-order valence-corrected chi connectivity index (χ1v) is 7.12. The minimum atomic E-state index is 0.254. The van der Waals surface area contributed by atoms with Gasteiger partial charge in [0, 0.05) is 25.6 Å². The topological polar surface area (TPSA) is 67.1 Å². The van der Waals surface area contributed by atoms with Crippen LogP contribution >= 0.6 is 0 Å². The van der Waals surface area contributed by atoms with Gasteiger partial charge in [0.2, 0.25) is 0 Å². The Balaban J connectivity index is 2.23. The van der Waals surface area contributed by atoms with Crippen LogP contribution in [0.25, 0.3) is 0 Å². The lowest BCUT2D eigenvalue weighted by Crippen LogP contribution is -2.20. The molecule has 0 unspecified atom stereocenters. The van der Waals surface area contributed by atoms with Crippen LogP contribution in [0, 0.1) is 6.92 Å². The Morgan fingerprint density at radius 2 is 1.86 bits per heavy atom. The number of nitrogens with one attached hydrogen (secondary N) is 1. The molecule has 0 aliphatic heterocycles. The van der Waals surface area contributed by atoms with Crippen molar-refractivity contribution in [1.82, 2.24) is 9.97 Å². The molecule has 0 aliphatic rings. The summed E-state index contributed by atoms with van der Waals surface area (Å²) in [6.07, 6.45) is 0. The third-order valence-corrected chi connectivity index (χ3v) is 3.33. The van der Waals surface area contributed by atoms with E-state index >= 15 is 0 Å². The second kappa shape index (κ2) is 6.54. The van der Waals surface area contributed by atoms with Crippen molar-refractivity contribution in [3.63, 3.8) is 0 Å². The van der Waals surface area contributed by atoms with Crippen LogP contribution in [0.3, 0.4) is 0 Å². The zero-order valence-electron chi connectivity index (χ0n) is 13.1. The highest BCUT2D eigenvalue weighted by Gasteiger charge is 2.11. The normalized spacial score (nSPS) is 10.8. The molecule has 21 heavy (non-hydrogen) atoms. The van der Waals surface area contributed by atoms with Gasteiger partial charge in [-0.1, -0.05) is 43.7 Å². The van der Waals surface area contributed by atoms with Gasteiger partial charge < -0.3 is 10.3 Å². The maximum atomic E-state index is 5.50. The molecule has 3 N–H and O–H groups in total. The molecule has 0 amide bonds. The van der Waals surface area contributed by atoms with Gasteiger partial charge in [-0.15, -0.1) is 0 Å². The molecule has 0 spiro atoms. The number of rotatable bonds is 5. The molecule has 112 valence electrons. The van der Waals surface area contributed by atoms with E-state index in [2.05, 4.69) is 65.3 Å². The van der Waals surface area contributed by atoms with E-state index in [0.29, 0.717) is 5.82 Å². The lowest BCUT2D eigenvalue weighted by atomic mass is 10.1. The molecule has 1 heterocycles. The van der Waals surface area contributed by atoms with Crippen LogP contribution in [0.15, 0.2) is 30.3 Å². The molecular formula is C16H23N5. The highest BCUT2D eigenvalue weighted by molar-refractivity contribution is 5.49. The van der Waals surface area contributed by atoms with E-state index in [-0.39, 0.29) is 5.92 Å². The van der Waals surface area contributed by atoms with Crippen LogP contribution in [-0.4, -0.2) is 17.0 Å². The number of hydrogen-bond donors (Lipinski definition) is 2. The Morgan fingerprint density at radius 1 is 1.19 bits per heavy atom. The minimum Gasteiger partial charge on any atom is -0.355 e. The molecule has 2 rings (SSSR count). The molecule has 5 nitrogen and oxygen atoms in total. The van der Waals surface area contributed by atoms with Crippen molar-refractivity contribution < 1.29 is 0 Å². The fraction of sp³-hybridized carbons (Fsp3) is 0.375. The molecule has 0 saturated carbocycles. The first-order valence-electron chi connectivity index (χ1n) is 7.12. The maximum absolute atomic E-state index is 5.50. The lowest BCUT2D eigenvalue weighted by Gasteiger charge is -2.20. The number of hydrazine groups is 1. The van der Waals surface area contributed by atoms with E-state index in [1.54, 1.807) is 0 Å². The molecule has 0 atom stereocenters. The van der Waals surface area contributed by atoms with E-state index in [0.717, 1.165) is 18.2 Å². The highest BCUT2D eigenvalue weighted by Crippen LogP contribution is 2.20. The average Bonchev–Trinajstić information content (AvgIpc) is 2.49. The molecule has 0 saturated heterocycles. The lowest BCUT2D eigenvalue weighted by molar-refractivity contribution is 0.763. The van der Waals surface area contributed by atoms with E-state index in [1.807, 2.05) is 13.1 Å². The fourth-order valence-corrected chi connectivity index (χ4v) is 2.03. The second-order valence-corrected chi connectivity index (χ2v) is 5.61. The third-order valence-electron chi connectivity index (χ3n) is 3.33. The summed E-state index contributed by atoms with van der Waals surface area (Å²) in [7, 11) is 2.02. The Kier molecular flexibility index (Phi) is 4.75. The van der Waals surface area contributed by atoms with Crippen molar-refractivity contribution in [3.8, 4) is 0 Å². The smallest absolute Gasteiger partial charge is 0.145 e. The summed E-state index contributed by atoms with van der Waals surface area (Å²) in [6, 6.07) is 10.4. The van der Waals surface area contributed by atoms with E-state index < -0.39 is 0 Å². The summed E-state index contributed by atoms with van der Waals surface area (Å²) in [5.41, 5.74) is 5.12. The summed E-state index contributed by atoms with van der Waals surface area (Å²) in [5.74, 6) is 8.04. The summed E-state index contributed by atoms with van der Waals surface area (Å²) in [5, 5.41) is 0. The third kappa shape index (κ3) is 3.92. The van der Waals surface area contributed by atoms with Gasteiger partial charge in [-0.2, -0.15) is 0 Å². The fourth-order valence-electron chi connectivity index (χ4n) is 2.03. The predicted molar refractivity (Wildman–Crippen MR) is 87.2 cm³/mol. The van der Waals surface area contributed by atoms with Gasteiger partial charge in [0.05, 0.1) is 0 Å². The SMILES string of the molecule is Cc1ccc(CN(C)c2cc(NN)nc(C(C)C)n2)cc1. The van der Waals surface area contributed by atoms with E-state index in [9.17, 15) is 0 Å². The van der Waals surface area contributed by atoms with Gasteiger partial charge in [-0.05, 0) is 12.5 Å². The number of nitrogens with two attached hydrogens (primary N) is 1. The van der Waals surface area contributed by atoms with Gasteiger partial charge >= 0.3 is 0 Å². The largest absolute Gasteiger partial charge is 0.355 e. The number of nitrogen functional groups attached to an aromatic ring is 1. The van der Waals surface area contributed by atoms with Crippen molar-refractivity contribution in [3.05, 3.63) is 47.3 Å². The second-order valence-electron chi connectivity index (χ2n) is 5.61. The maximum Gasteiger partial charge on any atom is 0.145 e. The molecular weight excluding hydrogens is 262 g/mol. The van der Waals surface area contributed by atoms with Gasteiger partial charge in [0.15, 0.2) is 0 Å². The first-order chi connectivity index (χ1) is 9.99. The molecule has 1 aromatic carbocycles. The van der Waals surface area contributed by atoms with Gasteiger partial charge in [-0.25, -0.2) is 15.8 Å². The van der Waals surface area contributed by atoms with Crippen molar-refractivity contribution in [2.24, 2.45) is 5.84 Å². The number of anilines is 2.